The lowest BCUT2D eigenvalue weighted by atomic mass is 10.2. The van der Waals surface area contributed by atoms with Gasteiger partial charge in [0.25, 0.3) is 5.69 Å². The number of nitro benzene ring substituents is 1. The number of amidine groups is 1. The first kappa shape index (κ1) is 14.3. The van der Waals surface area contributed by atoms with Gasteiger partial charge in [-0.15, -0.1) is 0 Å². The molecule has 1 aromatic rings. The van der Waals surface area contributed by atoms with E-state index in [-0.39, 0.29) is 17.3 Å². The Labute approximate surface area is 120 Å². The molecule has 1 aliphatic heterocycles. The van der Waals surface area contributed by atoms with Gasteiger partial charge in [-0.1, -0.05) is 11.8 Å². The van der Waals surface area contributed by atoms with E-state index in [0.29, 0.717) is 11.3 Å². The molecule has 2 N–H and O–H groups in total. The number of carbonyl (C=O) groups is 1. The minimum absolute atomic E-state index is 0.0133. The Bertz CT molecular complexity index is 574. The summed E-state index contributed by atoms with van der Waals surface area (Å²) in [7, 11) is 0. The van der Waals surface area contributed by atoms with Crippen molar-refractivity contribution in [1.82, 2.24) is 5.32 Å². The number of nitro groups is 1. The van der Waals surface area contributed by atoms with Gasteiger partial charge in [-0.2, -0.15) is 0 Å². The first-order chi connectivity index (χ1) is 9.56. The lowest BCUT2D eigenvalue weighted by Gasteiger charge is -2.08. The predicted octanol–water partition coefficient (Wildman–Crippen LogP) is 1.53. The fourth-order valence-corrected chi connectivity index (χ4v) is 2.42. The Kier molecular flexibility index (Phi) is 4.57. The summed E-state index contributed by atoms with van der Waals surface area (Å²) in [4.78, 5) is 26.1. The fourth-order valence-electron chi connectivity index (χ4n) is 1.69. The van der Waals surface area contributed by atoms with Crippen LogP contribution in [0.1, 0.15) is 5.56 Å². The first-order valence-corrected chi connectivity index (χ1v) is 7.01. The van der Waals surface area contributed by atoms with Crippen molar-refractivity contribution in [1.29, 1.82) is 0 Å². The maximum Gasteiger partial charge on any atom is 0.269 e. The summed E-state index contributed by atoms with van der Waals surface area (Å²) in [5, 5.41) is 17.2. The first-order valence-electron chi connectivity index (χ1n) is 6.02. The Morgan fingerprint density at radius 2 is 2.40 bits per heavy atom. The topological polar surface area (TPSA) is 96.6 Å². The van der Waals surface area contributed by atoms with Crippen molar-refractivity contribution in [2.75, 3.05) is 24.2 Å². The second-order valence-corrected chi connectivity index (χ2v) is 5.17. The molecule has 0 fully saturated rings. The van der Waals surface area contributed by atoms with Crippen LogP contribution in [0.3, 0.4) is 0 Å². The zero-order chi connectivity index (χ0) is 14.5. The van der Waals surface area contributed by atoms with E-state index < -0.39 is 4.92 Å². The summed E-state index contributed by atoms with van der Waals surface area (Å²) in [5.41, 5.74) is 1.26. The number of nitrogens with one attached hydrogen (secondary N) is 2. The van der Waals surface area contributed by atoms with Gasteiger partial charge in [-0.25, -0.2) is 0 Å². The summed E-state index contributed by atoms with van der Waals surface area (Å²) in [6.07, 6.45) is 0. The molecule has 1 amide bonds. The molecule has 0 aliphatic carbocycles. The highest BCUT2D eigenvalue weighted by Gasteiger charge is 2.12. The SMILES string of the molecule is Cc1cc([N+](=O)[O-])ccc1NC(=O)CSC1=NCCN1. The maximum absolute atomic E-state index is 11.8. The molecule has 0 bridgehead atoms. The average Bonchev–Trinajstić information content (AvgIpc) is 2.91. The molecule has 7 nitrogen and oxygen atoms in total. The molecule has 0 aromatic heterocycles. The average molecular weight is 294 g/mol. The molecule has 2 rings (SSSR count). The quantitative estimate of drug-likeness (QED) is 0.648. The van der Waals surface area contributed by atoms with Crippen LogP contribution < -0.4 is 10.6 Å². The Morgan fingerprint density at radius 3 is 3.00 bits per heavy atom. The second-order valence-electron chi connectivity index (χ2n) is 4.21. The van der Waals surface area contributed by atoms with Gasteiger partial charge in [-0.3, -0.25) is 19.9 Å². The van der Waals surface area contributed by atoms with Crippen LogP contribution in [0.4, 0.5) is 11.4 Å². The number of thioether (sulfide) groups is 1. The van der Waals surface area contributed by atoms with Crippen molar-refractivity contribution in [2.24, 2.45) is 4.99 Å². The van der Waals surface area contributed by atoms with Gasteiger partial charge in [0, 0.05) is 24.4 Å². The van der Waals surface area contributed by atoms with Crippen LogP contribution in [0.25, 0.3) is 0 Å². The van der Waals surface area contributed by atoms with Crippen LogP contribution in [-0.4, -0.2) is 34.8 Å². The third kappa shape index (κ3) is 3.70. The number of benzene rings is 1. The highest BCUT2D eigenvalue weighted by molar-refractivity contribution is 8.14. The summed E-state index contributed by atoms with van der Waals surface area (Å²) in [6, 6.07) is 4.35. The molecular formula is C12H14N4O3S. The molecule has 0 radical (unpaired) electrons. The predicted molar refractivity (Wildman–Crippen MR) is 79.2 cm³/mol. The number of hydrogen-bond acceptors (Lipinski definition) is 6. The Morgan fingerprint density at radius 1 is 1.60 bits per heavy atom. The molecule has 1 heterocycles. The van der Waals surface area contributed by atoms with Gasteiger partial charge in [0.1, 0.15) is 0 Å². The Hall–Kier alpha value is -2.09. The number of non-ortho nitro benzene ring substituents is 1. The van der Waals surface area contributed by atoms with Crippen molar-refractivity contribution in [2.45, 2.75) is 6.92 Å². The van der Waals surface area contributed by atoms with Crippen LogP contribution in [-0.2, 0) is 4.79 Å². The molecule has 106 valence electrons. The standard InChI is InChI=1S/C12H14N4O3S/c1-8-6-9(16(18)19)2-3-10(8)15-11(17)7-20-12-13-4-5-14-12/h2-3,6H,4-5,7H2,1H3,(H,13,14)(H,15,17). The third-order valence-corrected chi connectivity index (χ3v) is 3.63. The number of amides is 1. The molecule has 0 saturated carbocycles. The smallest absolute Gasteiger partial charge is 0.269 e. The normalized spacial score (nSPS) is 13.6. The number of rotatable bonds is 4. The van der Waals surface area contributed by atoms with Crippen molar-refractivity contribution in [3.05, 3.63) is 33.9 Å². The molecule has 1 aromatic carbocycles. The van der Waals surface area contributed by atoms with Crippen LogP contribution >= 0.6 is 11.8 Å². The number of aliphatic imine (C=N–C) groups is 1. The minimum Gasteiger partial charge on any atom is -0.363 e. The molecule has 8 heteroatoms. The van der Waals surface area contributed by atoms with E-state index in [1.54, 1.807) is 13.0 Å². The van der Waals surface area contributed by atoms with Crippen LogP contribution in [0, 0.1) is 17.0 Å². The molecule has 20 heavy (non-hydrogen) atoms. The zero-order valence-corrected chi connectivity index (χ0v) is 11.7. The van der Waals surface area contributed by atoms with Crippen LogP contribution in [0.2, 0.25) is 0 Å². The monoisotopic (exact) mass is 294 g/mol. The zero-order valence-electron chi connectivity index (χ0n) is 10.9. The van der Waals surface area contributed by atoms with Crippen LogP contribution in [0.15, 0.2) is 23.2 Å². The highest BCUT2D eigenvalue weighted by Crippen LogP contribution is 2.21. The lowest BCUT2D eigenvalue weighted by Crippen LogP contribution is -2.20. The number of carbonyl (C=O) groups excluding carboxylic acids is 1. The van der Waals surface area contributed by atoms with Gasteiger partial charge < -0.3 is 10.6 Å². The van der Waals surface area contributed by atoms with Gasteiger partial charge in [-0.05, 0) is 18.6 Å². The third-order valence-electron chi connectivity index (χ3n) is 2.68. The van der Waals surface area contributed by atoms with E-state index in [1.165, 1.54) is 23.9 Å². The number of nitrogens with zero attached hydrogens (tertiary/aromatic N) is 2. The summed E-state index contributed by atoms with van der Waals surface area (Å²) in [5.74, 6) is 0.0887. The fraction of sp³-hybridized carbons (Fsp3) is 0.333. The molecule has 0 atom stereocenters. The molecule has 0 unspecified atom stereocenters. The van der Waals surface area contributed by atoms with Gasteiger partial charge >= 0.3 is 0 Å². The van der Waals surface area contributed by atoms with Crippen molar-refractivity contribution in [3.63, 3.8) is 0 Å². The lowest BCUT2D eigenvalue weighted by molar-refractivity contribution is -0.384. The van der Waals surface area contributed by atoms with Gasteiger partial charge in [0.05, 0.1) is 17.2 Å². The molecule has 0 saturated heterocycles. The van der Waals surface area contributed by atoms with E-state index in [4.69, 9.17) is 0 Å². The minimum atomic E-state index is -0.460. The Balaban J connectivity index is 1.92. The highest BCUT2D eigenvalue weighted by atomic mass is 32.2. The summed E-state index contributed by atoms with van der Waals surface area (Å²) < 4.78 is 0. The van der Waals surface area contributed by atoms with E-state index in [9.17, 15) is 14.9 Å². The van der Waals surface area contributed by atoms with Gasteiger partial charge in [0.2, 0.25) is 5.91 Å². The molecule has 0 spiro atoms. The van der Waals surface area contributed by atoms with Crippen molar-refractivity contribution >= 4 is 34.2 Å². The second kappa shape index (κ2) is 6.38. The summed E-state index contributed by atoms with van der Waals surface area (Å²) >= 11 is 1.34. The largest absolute Gasteiger partial charge is 0.363 e. The van der Waals surface area contributed by atoms with Crippen molar-refractivity contribution < 1.29 is 9.72 Å². The molecular weight excluding hydrogens is 280 g/mol. The van der Waals surface area contributed by atoms with Crippen molar-refractivity contribution in [3.8, 4) is 0 Å². The number of hydrogen-bond donors (Lipinski definition) is 2. The molecule has 1 aliphatic rings. The van der Waals surface area contributed by atoms with Crippen LogP contribution in [0.5, 0.6) is 0 Å². The van der Waals surface area contributed by atoms with E-state index in [1.807, 2.05) is 0 Å². The number of anilines is 1. The maximum atomic E-state index is 11.8. The number of aryl methyl sites for hydroxylation is 1. The summed E-state index contributed by atoms with van der Waals surface area (Å²) in [6.45, 7) is 3.27. The van der Waals surface area contributed by atoms with E-state index in [2.05, 4.69) is 15.6 Å². The van der Waals surface area contributed by atoms with Gasteiger partial charge in [0.15, 0.2) is 5.17 Å². The van der Waals surface area contributed by atoms with E-state index >= 15 is 0 Å². The van der Waals surface area contributed by atoms with E-state index in [0.717, 1.165) is 18.3 Å².